The van der Waals surface area contributed by atoms with Crippen molar-refractivity contribution in [1.82, 2.24) is 19.2 Å². The molecule has 0 saturated carbocycles. The summed E-state index contributed by atoms with van der Waals surface area (Å²) in [6.07, 6.45) is 1.72. The van der Waals surface area contributed by atoms with E-state index in [4.69, 9.17) is 27.6 Å². The number of amides is 1. The van der Waals surface area contributed by atoms with E-state index in [0.29, 0.717) is 41.7 Å². The second-order valence-electron chi connectivity index (χ2n) is 6.42. The number of nitriles is 1. The zero-order valence-corrected chi connectivity index (χ0v) is 16.2. The normalized spacial score (nSPS) is 10.9. The molecule has 1 amide bonds. The molecule has 0 unspecified atom stereocenters. The van der Waals surface area contributed by atoms with Gasteiger partial charge in [0, 0.05) is 19.5 Å². The third kappa shape index (κ3) is 4.54. The van der Waals surface area contributed by atoms with Crippen LogP contribution in [0.3, 0.4) is 0 Å². The average molecular weight is 396 g/mol. The van der Waals surface area contributed by atoms with Crippen molar-refractivity contribution < 1.29 is 9.21 Å². The fraction of sp³-hybridized carbons (Fsp3) is 0.263. The van der Waals surface area contributed by atoms with E-state index in [1.54, 1.807) is 39.8 Å². The molecule has 8 nitrogen and oxygen atoms in total. The quantitative estimate of drug-likeness (QED) is 0.587. The molecule has 0 aliphatic heterocycles. The number of primary amides is 1. The Balaban J connectivity index is 1.80. The first-order valence-electron chi connectivity index (χ1n) is 8.65. The Kier molecular flexibility index (Phi) is 6.03. The van der Waals surface area contributed by atoms with Crippen LogP contribution >= 0.6 is 12.2 Å². The molecule has 1 aromatic carbocycles. The second kappa shape index (κ2) is 8.65. The lowest BCUT2D eigenvalue weighted by atomic mass is 10.1. The number of rotatable bonds is 8. The van der Waals surface area contributed by atoms with E-state index in [0.717, 1.165) is 5.56 Å². The summed E-state index contributed by atoms with van der Waals surface area (Å²) >= 11 is 5.56. The summed E-state index contributed by atoms with van der Waals surface area (Å²) in [5.41, 5.74) is 6.99. The number of benzene rings is 1. The number of hydrogen-bond acceptors (Lipinski definition) is 6. The topological polar surface area (TPSA) is 106 Å². The molecular formula is C19H20N6O2S. The summed E-state index contributed by atoms with van der Waals surface area (Å²) in [7, 11) is 1.95. The minimum Gasteiger partial charge on any atom is -0.461 e. The molecular weight excluding hydrogens is 376 g/mol. The number of hydrogen-bond donors (Lipinski definition) is 1. The Morgan fingerprint density at radius 3 is 2.71 bits per heavy atom. The van der Waals surface area contributed by atoms with Gasteiger partial charge in [0.2, 0.25) is 5.91 Å². The third-order valence-corrected chi connectivity index (χ3v) is 4.59. The third-order valence-electron chi connectivity index (χ3n) is 4.16. The maximum absolute atomic E-state index is 11.2. The first-order valence-corrected chi connectivity index (χ1v) is 9.06. The number of aromatic nitrogens is 3. The monoisotopic (exact) mass is 396 g/mol. The van der Waals surface area contributed by atoms with Crippen molar-refractivity contribution in [3.8, 4) is 17.7 Å². The highest BCUT2D eigenvalue weighted by Crippen LogP contribution is 2.19. The van der Waals surface area contributed by atoms with Gasteiger partial charge in [0.05, 0.1) is 24.6 Å². The summed E-state index contributed by atoms with van der Waals surface area (Å²) in [6, 6.07) is 13.1. The Labute approximate surface area is 167 Å². The van der Waals surface area contributed by atoms with Crippen LogP contribution in [-0.4, -0.2) is 32.2 Å². The smallest absolute Gasteiger partial charge is 0.219 e. The molecule has 0 saturated heterocycles. The maximum Gasteiger partial charge on any atom is 0.219 e. The van der Waals surface area contributed by atoms with Gasteiger partial charge in [0.1, 0.15) is 0 Å². The zero-order chi connectivity index (χ0) is 20.1. The summed E-state index contributed by atoms with van der Waals surface area (Å²) in [5, 5.41) is 13.5. The zero-order valence-electron chi connectivity index (χ0n) is 15.4. The number of nitrogens with zero attached hydrogens (tertiary/aromatic N) is 5. The van der Waals surface area contributed by atoms with Crippen LogP contribution in [0.4, 0.5) is 0 Å². The highest BCUT2D eigenvalue weighted by molar-refractivity contribution is 7.71. The standard InChI is InChI=1S/C19H20N6O2S/c1-23(12-15-6-4-14(11-20)5-7-15)13-25-19(28)24(9-8-17(21)26)18(22-25)16-3-2-10-27-16/h2-7,10H,8-9,12-13H2,1H3,(H2,21,26). The second-order valence-corrected chi connectivity index (χ2v) is 6.78. The summed E-state index contributed by atoms with van der Waals surface area (Å²) < 4.78 is 9.39. The van der Waals surface area contributed by atoms with Crippen molar-refractivity contribution in [1.29, 1.82) is 5.26 Å². The van der Waals surface area contributed by atoms with E-state index in [1.165, 1.54) is 0 Å². The van der Waals surface area contributed by atoms with Crippen molar-refractivity contribution in [3.63, 3.8) is 0 Å². The van der Waals surface area contributed by atoms with Crippen molar-refractivity contribution >= 4 is 18.1 Å². The molecule has 144 valence electrons. The van der Waals surface area contributed by atoms with Gasteiger partial charge in [-0.1, -0.05) is 12.1 Å². The molecule has 0 aliphatic rings. The van der Waals surface area contributed by atoms with Crippen LogP contribution in [-0.2, 0) is 24.6 Å². The molecule has 0 fully saturated rings. The SMILES string of the molecule is CN(Cc1ccc(C#N)cc1)Cn1nc(-c2ccco2)n(CCC(N)=O)c1=S. The first-order chi connectivity index (χ1) is 13.5. The van der Waals surface area contributed by atoms with Gasteiger partial charge in [-0.3, -0.25) is 14.3 Å². The molecule has 9 heteroatoms. The summed E-state index contributed by atoms with van der Waals surface area (Å²) in [6.45, 7) is 1.46. The van der Waals surface area contributed by atoms with Gasteiger partial charge in [-0.15, -0.1) is 5.10 Å². The van der Waals surface area contributed by atoms with Gasteiger partial charge in [0.15, 0.2) is 16.4 Å². The number of carbonyl (C=O) groups excluding carboxylic acids is 1. The van der Waals surface area contributed by atoms with Gasteiger partial charge in [-0.05, 0) is 49.1 Å². The molecule has 0 aliphatic carbocycles. The fourth-order valence-electron chi connectivity index (χ4n) is 2.82. The van der Waals surface area contributed by atoms with E-state index in [1.807, 2.05) is 19.2 Å². The molecule has 2 heterocycles. The minimum atomic E-state index is -0.405. The molecule has 2 aromatic heterocycles. The Morgan fingerprint density at radius 1 is 1.36 bits per heavy atom. The lowest BCUT2D eigenvalue weighted by Gasteiger charge is -2.16. The number of nitrogens with two attached hydrogens (primary N) is 1. The number of carbonyl (C=O) groups is 1. The van der Waals surface area contributed by atoms with Crippen LogP contribution in [0.1, 0.15) is 17.5 Å². The molecule has 0 spiro atoms. The van der Waals surface area contributed by atoms with Gasteiger partial charge >= 0.3 is 0 Å². The van der Waals surface area contributed by atoms with Crippen molar-refractivity contribution in [2.24, 2.45) is 5.73 Å². The molecule has 0 radical (unpaired) electrons. The molecule has 2 N–H and O–H groups in total. The van der Waals surface area contributed by atoms with Crippen LogP contribution in [0, 0.1) is 16.1 Å². The van der Waals surface area contributed by atoms with Crippen LogP contribution in [0.15, 0.2) is 47.1 Å². The van der Waals surface area contributed by atoms with Crippen molar-refractivity contribution in [3.05, 3.63) is 58.6 Å². The summed E-state index contributed by atoms with van der Waals surface area (Å²) in [5.74, 6) is 0.727. The van der Waals surface area contributed by atoms with E-state index in [2.05, 4.69) is 16.1 Å². The summed E-state index contributed by atoms with van der Waals surface area (Å²) in [4.78, 5) is 13.3. The van der Waals surface area contributed by atoms with Gasteiger partial charge in [-0.25, -0.2) is 4.68 Å². The van der Waals surface area contributed by atoms with Crippen LogP contribution < -0.4 is 5.73 Å². The minimum absolute atomic E-state index is 0.161. The van der Waals surface area contributed by atoms with E-state index >= 15 is 0 Å². The first kappa shape index (κ1) is 19.5. The largest absolute Gasteiger partial charge is 0.461 e. The molecule has 3 rings (SSSR count). The van der Waals surface area contributed by atoms with Crippen LogP contribution in [0.2, 0.25) is 0 Å². The Hall–Kier alpha value is -3.22. The van der Waals surface area contributed by atoms with Crippen molar-refractivity contribution in [2.75, 3.05) is 7.05 Å². The Bertz CT molecular complexity index is 1040. The van der Waals surface area contributed by atoms with E-state index in [-0.39, 0.29) is 6.42 Å². The predicted molar refractivity (Wildman–Crippen MR) is 105 cm³/mol. The van der Waals surface area contributed by atoms with E-state index < -0.39 is 5.91 Å². The lowest BCUT2D eigenvalue weighted by molar-refractivity contribution is -0.118. The molecule has 0 atom stereocenters. The van der Waals surface area contributed by atoms with Crippen LogP contribution in [0.5, 0.6) is 0 Å². The maximum atomic E-state index is 11.2. The van der Waals surface area contributed by atoms with Gasteiger partial charge < -0.3 is 10.2 Å². The molecule has 0 bridgehead atoms. The van der Waals surface area contributed by atoms with E-state index in [9.17, 15) is 4.79 Å². The molecule has 28 heavy (non-hydrogen) atoms. The van der Waals surface area contributed by atoms with Crippen molar-refractivity contribution in [2.45, 2.75) is 26.2 Å². The van der Waals surface area contributed by atoms with Crippen LogP contribution in [0.25, 0.3) is 11.6 Å². The highest BCUT2D eigenvalue weighted by Gasteiger charge is 2.16. The number of furan rings is 1. The predicted octanol–water partition coefficient (Wildman–Crippen LogP) is 2.51. The fourth-order valence-corrected chi connectivity index (χ4v) is 3.10. The van der Waals surface area contributed by atoms with Gasteiger partial charge in [-0.2, -0.15) is 5.26 Å². The Morgan fingerprint density at radius 2 is 2.11 bits per heavy atom. The van der Waals surface area contributed by atoms with Gasteiger partial charge in [0.25, 0.3) is 0 Å². The average Bonchev–Trinajstić information content (AvgIpc) is 3.30. The lowest BCUT2D eigenvalue weighted by Crippen LogP contribution is -2.22. The highest BCUT2D eigenvalue weighted by atomic mass is 32.1. The molecule has 3 aromatic rings.